The maximum Gasteiger partial charge on any atom is 0.248 e. The monoisotopic (exact) mass is 315 g/mol. The molecule has 4 heteroatoms. The third-order valence-corrected chi connectivity index (χ3v) is 3.65. The molecule has 2 aromatic rings. The summed E-state index contributed by atoms with van der Waals surface area (Å²) in [5.74, 6) is 0.313. The first-order chi connectivity index (χ1) is 10.5. The number of aryl methyl sites for hydroxylation is 2. The van der Waals surface area contributed by atoms with Crippen LogP contribution in [0.1, 0.15) is 16.7 Å². The van der Waals surface area contributed by atoms with Crippen molar-refractivity contribution >= 4 is 29.3 Å². The summed E-state index contributed by atoms with van der Waals surface area (Å²) in [4.78, 5) is 12.0. The van der Waals surface area contributed by atoms with E-state index in [0.717, 1.165) is 11.1 Å². The minimum Gasteiger partial charge on any atom is -0.495 e. The number of nitrogens with one attached hydrogen (secondary N) is 1. The Hall–Kier alpha value is -2.26. The van der Waals surface area contributed by atoms with Gasteiger partial charge in [-0.1, -0.05) is 41.4 Å². The molecule has 2 rings (SSSR count). The maximum absolute atomic E-state index is 12.0. The van der Waals surface area contributed by atoms with E-state index in [-0.39, 0.29) is 5.91 Å². The summed E-state index contributed by atoms with van der Waals surface area (Å²) in [5, 5.41) is 3.40. The molecule has 114 valence electrons. The van der Waals surface area contributed by atoms with Crippen LogP contribution in [0.4, 0.5) is 5.69 Å². The Morgan fingerprint density at radius 2 is 1.86 bits per heavy atom. The van der Waals surface area contributed by atoms with Gasteiger partial charge in [-0.05, 0) is 37.1 Å². The molecule has 2 aromatic carbocycles. The van der Waals surface area contributed by atoms with Crippen LogP contribution in [0.2, 0.25) is 5.02 Å². The van der Waals surface area contributed by atoms with Gasteiger partial charge in [0.2, 0.25) is 5.91 Å². The average molecular weight is 316 g/mol. The predicted octanol–water partition coefficient (Wildman–Crippen LogP) is 4.62. The molecule has 1 amide bonds. The maximum atomic E-state index is 12.0. The fourth-order valence-electron chi connectivity index (χ4n) is 1.95. The molecule has 0 aromatic heterocycles. The van der Waals surface area contributed by atoms with Gasteiger partial charge in [0.15, 0.2) is 0 Å². The molecule has 0 radical (unpaired) electrons. The first kappa shape index (κ1) is 16.1. The number of rotatable bonds is 4. The summed E-state index contributed by atoms with van der Waals surface area (Å²) in [5.41, 5.74) is 3.63. The van der Waals surface area contributed by atoms with Crippen LogP contribution >= 0.6 is 11.6 Å². The smallest absolute Gasteiger partial charge is 0.248 e. The van der Waals surface area contributed by atoms with Gasteiger partial charge in [0, 0.05) is 17.2 Å². The fourth-order valence-corrected chi connectivity index (χ4v) is 2.11. The zero-order chi connectivity index (χ0) is 16.1. The van der Waals surface area contributed by atoms with Gasteiger partial charge < -0.3 is 10.1 Å². The zero-order valence-corrected chi connectivity index (χ0v) is 13.6. The van der Waals surface area contributed by atoms with Crippen molar-refractivity contribution < 1.29 is 9.53 Å². The van der Waals surface area contributed by atoms with Crippen LogP contribution in [0.25, 0.3) is 6.08 Å². The summed E-state index contributed by atoms with van der Waals surface area (Å²) in [6, 6.07) is 11.4. The first-order valence-corrected chi connectivity index (χ1v) is 7.27. The van der Waals surface area contributed by atoms with E-state index in [9.17, 15) is 4.79 Å². The second-order valence-electron chi connectivity index (χ2n) is 5.03. The quantitative estimate of drug-likeness (QED) is 0.836. The molecule has 22 heavy (non-hydrogen) atoms. The lowest BCUT2D eigenvalue weighted by atomic mass is 10.1. The first-order valence-electron chi connectivity index (χ1n) is 6.89. The van der Waals surface area contributed by atoms with Gasteiger partial charge in [-0.2, -0.15) is 0 Å². The second kappa shape index (κ2) is 7.14. The van der Waals surface area contributed by atoms with Gasteiger partial charge in [0.1, 0.15) is 5.75 Å². The molecule has 0 aliphatic rings. The number of hydrogen-bond acceptors (Lipinski definition) is 2. The third-order valence-electron chi connectivity index (χ3n) is 3.24. The molecule has 0 unspecified atom stereocenters. The number of carbonyl (C=O) groups is 1. The van der Waals surface area contributed by atoms with Crippen LogP contribution < -0.4 is 10.1 Å². The number of anilines is 1. The Bertz CT molecular complexity index is 706. The number of ether oxygens (including phenoxy) is 1. The van der Waals surface area contributed by atoms with Crippen molar-refractivity contribution in [1.29, 1.82) is 0 Å². The van der Waals surface area contributed by atoms with E-state index in [1.165, 1.54) is 11.6 Å². The molecule has 0 saturated heterocycles. The van der Waals surface area contributed by atoms with Crippen molar-refractivity contribution in [3.63, 3.8) is 0 Å². The van der Waals surface area contributed by atoms with E-state index >= 15 is 0 Å². The highest BCUT2D eigenvalue weighted by atomic mass is 35.5. The van der Waals surface area contributed by atoms with Crippen molar-refractivity contribution in [1.82, 2.24) is 0 Å². The van der Waals surface area contributed by atoms with Crippen LogP contribution in [0, 0.1) is 13.8 Å². The number of hydrogen-bond donors (Lipinski definition) is 1. The van der Waals surface area contributed by atoms with E-state index in [0.29, 0.717) is 16.5 Å². The highest BCUT2D eigenvalue weighted by molar-refractivity contribution is 6.31. The fraction of sp³-hybridized carbons (Fsp3) is 0.167. The molecule has 0 saturated carbocycles. The van der Waals surface area contributed by atoms with Crippen molar-refractivity contribution in [2.75, 3.05) is 12.4 Å². The van der Waals surface area contributed by atoms with Crippen LogP contribution in [0.15, 0.2) is 42.5 Å². The molecular weight excluding hydrogens is 298 g/mol. The van der Waals surface area contributed by atoms with Crippen LogP contribution in [-0.2, 0) is 4.79 Å². The Morgan fingerprint density at radius 1 is 1.18 bits per heavy atom. The van der Waals surface area contributed by atoms with Gasteiger partial charge in [-0.15, -0.1) is 0 Å². The van der Waals surface area contributed by atoms with E-state index in [1.807, 2.05) is 38.1 Å². The van der Waals surface area contributed by atoms with E-state index in [1.54, 1.807) is 25.3 Å². The highest BCUT2D eigenvalue weighted by Crippen LogP contribution is 2.30. The molecule has 0 bridgehead atoms. The Labute approximate surface area is 135 Å². The van der Waals surface area contributed by atoms with Crippen molar-refractivity contribution in [2.24, 2.45) is 0 Å². The van der Waals surface area contributed by atoms with Gasteiger partial charge in [0.05, 0.1) is 12.8 Å². The molecule has 0 spiro atoms. The molecule has 3 nitrogen and oxygen atoms in total. The average Bonchev–Trinajstić information content (AvgIpc) is 2.50. The van der Waals surface area contributed by atoms with Crippen molar-refractivity contribution in [2.45, 2.75) is 13.8 Å². The lowest BCUT2D eigenvalue weighted by molar-refractivity contribution is -0.111. The van der Waals surface area contributed by atoms with Crippen molar-refractivity contribution in [3.8, 4) is 5.75 Å². The molecule has 0 aliphatic carbocycles. The molecule has 0 aliphatic heterocycles. The Balaban J connectivity index is 2.12. The summed E-state index contributed by atoms with van der Waals surface area (Å²) in [6.45, 7) is 3.90. The normalized spacial score (nSPS) is 10.7. The standard InChI is InChI=1S/C18H18ClNO2/c1-12-4-6-14(7-5-12)8-9-18(21)20-16-10-13(2)15(19)11-17(16)22-3/h4-11H,1-3H3,(H,20,21)/b9-8+. The third kappa shape index (κ3) is 4.12. The van der Waals surface area contributed by atoms with Gasteiger partial charge in [-0.3, -0.25) is 4.79 Å². The van der Waals surface area contributed by atoms with Gasteiger partial charge in [0.25, 0.3) is 0 Å². The van der Waals surface area contributed by atoms with E-state index in [2.05, 4.69) is 5.32 Å². The Kier molecular flexibility index (Phi) is 5.23. The zero-order valence-electron chi connectivity index (χ0n) is 12.8. The molecular formula is C18H18ClNO2. The topological polar surface area (TPSA) is 38.3 Å². The summed E-state index contributed by atoms with van der Waals surface area (Å²) in [6.07, 6.45) is 3.26. The number of benzene rings is 2. The van der Waals surface area contributed by atoms with E-state index < -0.39 is 0 Å². The van der Waals surface area contributed by atoms with Crippen LogP contribution in [0.3, 0.4) is 0 Å². The summed E-state index contributed by atoms with van der Waals surface area (Å²) >= 11 is 6.05. The van der Waals surface area contributed by atoms with E-state index in [4.69, 9.17) is 16.3 Å². The Morgan fingerprint density at radius 3 is 2.50 bits per heavy atom. The number of carbonyl (C=O) groups excluding carboxylic acids is 1. The summed E-state index contributed by atoms with van der Waals surface area (Å²) < 4.78 is 5.23. The number of methoxy groups -OCH3 is 1. The summed E-state index contributed by atoms with van der Waals surface area (Å²) in [7, 11) is 1.54. The van der Waals surface area contributed by atoms with Crippen molar-refractivity contribution in [3.05, 3.63) is 64.2 Å². The molecule has 0 heterocycles. The predicted molar refractivity (Wildman–Crippen MR) is 91.6 cm³/mol. The second-order valence-corrected chi connectivity index (χ2v) is 5.44. The van der Waals surface area contributed by atoms with Crippen LogP contribution in [-0.4, -0.2) is 13.0 Å². The lowest BCUT2D eigenvalue weighted by Crippen LogP contribution is -2.09. The number of amides is 1. The number of halogens is 1. The highest BCUT2D eigenvalue weighted by Gasteiger charge is 2.08. The minimum absolute atomic E-state index is 0.222. The molecule has 1 N–H and O–H groups in total. The minimum atomic E-state index is -0.222. The van der Waals surface area contributed by atoms with Crippen LogP contribution in [0.5, 0.6) is 5.75 Å². The van der Waals surface area contributed by atoms with Gasteiger partial charge in [-0.25, -0.2) is 0 Å². The SMILES string of the molecule is COc1cc(Cl)c(C)cc1NC(=O)/C=C/c1ccc(C)cc1. The molecule has 0 atom stereocenters. The largest absolute Gasteiger partial charge is 0.495 e. The lowest BCUT2D eigenvalue weighted by Gasteiger charge is -2.11. The molecule has 0 fully saturated rings. The van der Waals surface area contributed by atoms with Gasteiger partial charge >= 0.3 is 0 Å².